The molecule has 1 N–H and O–H groups in total. The summed E-state index contributed by atoms with van der Waals surface area (Å²) in [4.78, 5) is 4.01. The van der Waals surface area contributed by atoms with Gasteiger partial charge in [-0.2, -0.15) is 0 Å². The largest absolute Gasteiger partial charge is 0.259 e. The number of nitrogens with one attached hydrogen (secondary N) is 1. The number of thioether (sulfide) groups is 1. The van der Waals surface area contributed by atoms with Crippen molar-refractivity contribution in [2.75, 3.05) is 0 Å². The van der Waals surface area contributed by atoms with Gasteiger partial charge >= 0.3 is 0 Å². The van der Waals surface area contributed by atoms with Gasteiger partial charge in [-0.25, -0.2) is 31.3 Å². The lowest BCUT2D eigenvalue weighted by molar-refractivity contribution is 0.372. The maximum Gasteiger partial charge on any atom is 0.209 e. The summed E-state index contributed by atoms with van der Waals surface area (Å²) >= 11 is 0.697. The van der Waals surface area contributed by atoms with Crippen LogP contribution in [0.5, 0.6) is 0 Å². The predicted molar refractivity (Wildman–Crippen MR) is 87.5 cm³/mol. The van der Waals surface area contributed by atoms with Crippen LogP contribution in [0.4, 0.5) is 26.3 Å². The van der Waals surface area contributed by atoms with E-state index in [2.05, 4.69) is 15.2 Å². The summed E-state index contributed by atoms with van der Waals surface area (Å²) in [5.74, 6) is -10.6. The summed E-state index contributed by atoms with van der Waals surface area (Å²) in [7, 11) is 0. The first-order valence-corrected chi connectivity index (χ1v) is 8.34. The molecule has 0 aliphatic rings. The number of benzene rings is 2. The van der Waals surface area contributed by atoms with E-state index in [1.807, 2.05) is 0 Å². The Kier molecular flexibility index (Phi) is 5.54. The van der Waals surface area contributed by atoms with E-state index in [0.717, 1.165) is 0 Å². The summed E-state index contributed by atoms with van der Waals surface area (Å²) in [6.07, 6.45) is 3.15. The lowest BCUT2D eigenvalue weighted by Crippen LogP contribution is -2.06. The Morgan fingerprint density at radius 1 is 0.815 bits per heavy atom. The van der Waals surface area contributed by atoms with Crippen LogP contribution in [0.15, 0.2) is 29.4 Å². The molecule has 0 radical (unpaired) electrons. The molecule has 10 heteroatoms. The summed E-state index contributed by atoms with van der Waals surface area (Å²) < 4.78 is 79.5. The van der Waals surface area contributed by atoms with Crippen molar-refractivity contribution >= 4 is 23.9 Å². The number of halogens is 6. The lowest BCUT2D eigenvalue weighted by Gasteiger charge is -2.06. The van der Waals surface area contributed by atoms with Crippen molar-refractivity contribution in [1.82, 2.24) is 15.2 Å². The Labute approximate surface area is 153 Å². The molecule has 3 nitrogen and oxygen atoms in total. The van der Waals surface area contributed by atoms with Crippen LogP contribution in [-0.2, 0) is 5.75 Å². The van der Waals surface area contributed by atoms with Crippen molar-refractivity contribution in [2.24, 2.45) is 0 Å². The molecule has 0 atom stereocenters. The number of hydrogen-bond acceptors (Lipinski definition) is 3. The Bertz CT molecular complexity index is 972. The number of aromatic amines is 1. The van der Waals surface area contributed by atoms with Gasteiger partial charge in [0, 0.05) is 11.3 Å². The standard InChI is InChI=1S/C17H9F6N3S/c18-9-4-1-8(2-5-9)3-6-11-24-17(26-25-11)27-7-10-12(19)14(21)16(23)15(22)13(10)20/h1-6H,7H2,(H,24,25,26)/b6-3+. The minimum Gasteiger partial charge on any atom is -0.259 e. The van der Waals surface area contributed by atoms with Gasteiger partial charge in [0.25, 0.3) is 0 Å². The van der Waals surface area contributed by atoms with Crippen LogP contribution in [0, 0.1) is 34.9 Å². The van der Waals surface area contributed by atoms with Gasteiger partial charge < -0.3 is 0 Å². The van der Waals surface area contributed by atoms with Gasteiger partial charge in [0.2, 0.25) is 11.0 Å². The summed E-state index contributed by atoms with van der Waals surface area (Å²) in [5.41, 5.74) is -0.256. The van der Waals surface area contributed by atoms with Crippen LogP contribution in [0.25, 0.3) is 12.2 Å². The van der Waals surface area contributed by atoms with Crippen molar-refractivity contribution in [2.45, 2.75) is 10.9 Å². The van der Waals surface area contributed by atoms with Gasteiger partial charge in [-0.3, -0.25) is 5.10 Å². The molecule has 2 aromatic carbocycles. The van der Waals surface area contributed by atoms with Crippen molar-refractivity contribution in [3.63, 3.8) is 0 Å². The molecule has 0 saturated heterocycles. The molecule has 0 bridgehead atoms. The maximum absolute atomic E-state index is 13.6. The van der Waals surface area contributed by atoms with Gasteiger partial charge in [-0.1, -0.05) is 30.0 Å². The normalized spacial score (nSPS) is 11.5. The van der Waals surface area contributed by atoms with Gasteiger partial charge in [-0.15, -0.1) is 5.10 Å². The van der Waals surface area contributed by atoms with Crippen molar-refractivity contribution in [3.8, 4) is 0 Å². The summed E-state index contributed by atoms with van der Waals surface area (Å²) in [6.45, 7) is 0. The highest BCUT2D eigenvalue weighted by atomic mass is 32.2. The zero-order chi connectivity index (χ0) is 19.6. The molecule has 0 spiro atoms. The van der Waals surface area contributed by atoms with E-state index in [-0.39, 0.29) is 11.0 Å². The second kappa shape index (κ2) is 7.87. The molecular weight excluding hydrogens is 392 g/mol. The highest BCUT2D eigenvalue weighted by Crippen LogP contribution is 2.28. The van der Waals surface area contributed by atoms with Crippen LogP contribution < -0.4 is 0 Å². The fraction of sp³-hybridized carbons (Fsp3) is 0.0588. The smallest absolute Gasteiger partial charge is 0.209 e. The third-order valence-electron chi connectivity index (χ3n) is 3.43. The zero-order valence-corrected chi connectivity index (χ0v) is 14.1. The molecule has 3 aromatic rings. The fourth-order valence-corrected chi connectivity index (χ4v) is 2.86. The Morgan fingerprint density at radius 3 is 2.04 bits per heavy atom. The van der Waals surface area contributed by atoms with Crippen molar-refractivity contribution < 1.29 is 26.3 Å². The minimum absolute atomic E-state index is 0.0534. The average Bonchev–Trinajstić information content (AvgIpc) is 3.12. The molecule has 0 unspecified atom stereocenters. The third kappa shape index (κ3) is 4.16. The number of nitrogens with zero attached hydrogens (tertiary/aromatic N) is 2. The monoisotopic (exact) mass is 401 g/mol. The van der Waals surface area contributed by atoms with E-state index in [9.17, 15) is 26.3 Å². The number of H-pyrrole nitrogens is 1. The van der Waals surface area contributed by atoms with Crippen LogP contribution in [-0.4, -0.2) is 15.2 Å². The Morgan fingerprint density at radius 2 is 1.41 bits per heavy atom. The molecule has 0 amide bonds. The van der Waals surface area contributed by atoms with E-state index >= 15 is 0 Å². The average molecular weight is 401 g/mol. The van der Waals surface area contributed by atoms with E-state index in [1.165, 1.54) is 18.2 Å². The molecule has 140 valence electrons. The van der Waals surface area contributed by atoms with E-state index < -0.39 is 40.4 Å². The molecule has 0 aliphatic carbocycles. The number of rotatable bonds is 5. The second-order valence-electron chi connectivity index (χ2n) is 5.23. The van der Waals surface area contributed by atoms with Gasteiger partial charge in [-0.05, 0) is 23.8 Å². The van der Waals surface area contributed by atoms with Crippen LogP contribution in [0.3, 0.4) is 0 Å². The molecular formula is C17H9F6N3S. The molecule has 1 heterocycles. The number of hydrogen-bond donors (Lipinski definition) is 1. The first-order valence-electron chi connectivity index (χ1n) is 7.36. The summed E-state index contributed by atoms with van der Waals surface area (Å²) in [6, 6.07) is 5.65. The SMILES string of the molecule is Fc1ccc(/C=C/c2nc(SCc3c(F)c(F)c(F)c(F)c3F)n[nH]2)cc1. The Hall–Kier alpha value is -2.75. The van der Waals surface area contributed by atoms with Crippen LogP contribution in [0.2, 0.25) is 0 Å². The third-order valence-corrected chi connectivity index (χ3v) is 4.31. The molecule has 0 fully saturated rings. The second-order valence-corrected chi connectivity index (χ2v) is 6.17. The molecule has 1 aromatic heterocycles. The highest BCUT2D eigenvalue weighted by molar-refractivity contribution is 7.98. The molecule has 3 rings (SSSR count). The molecule has 0 saturated carbocycles. The Balaban J connectivity index is 1.71. The van der Waals surface area contributed by atoms with Crippen molar-refractivity contribution in [1.29, 1.82) is 0 Å². The first kappa shape index (κ1) is 19.0. The quantitative estimate of drug-likeness (QED) is 0.280. The zero-order valence-electron chi connectivity index (χ0n) is 13.2. The van der Waals surface area contributed by atoms with Gasteiger partial charge in [0.15, 0.2) is 23.3 Å². The number of aromatic nitrogens is 3. The topological polar surface area (TPSA) is 41.6 Å². The van der Waals surface area contributed by atoms with E-state index in [4.69, 9.17) is 0 Å². The van der Waals surface area contributed by atoms with E-state index in [0.29, 0.717) is 23.1 Å². The van der Waals surface area contributed by atoms with Gasteiger partial charge in [0.1, 0.15) is 11.6 Å². The predicted octanol–water partition coefficient (Wildman–Crippen LogP) is 5.10. The molecule has 27 heavy (non-hydrogen) atoms. The van der Waals surface area contributed by atoms with Crippen molar-refractivity contribution in [3.05, 3.63) is 76.1 Å². The lowest BCUT2D eigenvalue weighted by atomic mass is 10.2. The van der Waals surface area contributed by atoms with Gasteiger partial charge in [0.05, 0.1) is 0 Å². The van der Waals surface area contributed by atoms with Crippen LogP contribution in [0.1, 0.15) is 17.0 Å². The highest BCUT2D eigenvalue weighted by Gasteiger charge is 2.25. The van der Waals surface area contributed by atoms with E-state index in [1.54, 1.807) is 18.2 Å². The first-order chi connectivity index (χ1) is 12.9. The summed E-state index contributed by atoms with van der Waals surface area (Å²) in [5, 5.41) is 6.39. The van der Waals surface area contributed by atoms with Crippen LogP contribution >= 0.6 is 11.8 Å². The molecule has 0 aliphatic heterocycles. The minimum atomic E-state index is -2.20. The maximum atomic E-state index is 13.6. The fourth-order valence-electron chi connectivity index (χ4n) is 2.06.